The number of thiophene rings is 1. The van der Waals surface area contributed by atoms with E-state index in [1.54, 1.807) is 21.8 Å². The molecule has 1 aliphatic carbocycles. The van der Waals surface area contributed by atoms with Crippen LogP contribution in [0.2, 0.25) is 0 Å². The number of amides is 1. The Morgan fingerprint density at radius 2 is 2.04 bits per heavy atom. The van der Waals surface area contributed by atoms with Gasteiger partial charge in [0.1, 0.15) is 4.21 Å². The fourth-order valence-corrected chi connectivity index (χ4v) is 6.40. The van der Waals surface area contributed by atoms with Crippen molar-refractivity contribution < 1.29 is 17.9 Å². The normalized spacial score (nSPS) is 27.8. The van der Waals surface area contributed by atoms with Gasteiger partial charge in [-0.25, -0.2) is 8.42 Å². The second-order valence-electron chi connectivity index (χ2n) is 6.26. The molecule has 2 unspecified atom stereocenters. The van der Waals surface area contributed by atoms with Crippen molar-refractivity contribution in [2.75, 3.05) is 26.3 Å². The molecular weight excluding hydrogens is 348 g/mol. The number of nitrogens with zero attached hydrogens (tertiary/aromatic N) is 1. The molecule has 8 heteroatoms. The highest BCUT2D eigenvalue weighted by molar-refractivity contribution is 7.91. The maximum Gasteiger partial charge on any atom is 0.252 e. The van der Waals surface area contributed by atoms with Gasteiger partial charge < -0.3 is 10.1 Å². The molecule has 1 saturated carbocycles. The number of nitrogens with one attached hydrogen (secondary N) is 1. The minimum absolute atomic E-state index is 0.0448. The predicted octanol–water partition coefficient (Wildman–Crippen LogP) is 1.83. The van der Waals surface area contributed by atoms with Gasteiger partial charge in [0.05, 0.1) is 12.5 Å². The summed E-state index contributed by atoms with van der Waals surface area (Å²) in [6.45, 7) is 1.86. The molecule has 2 fully saturated rings. The van der Waals surface area contributed by atoms with Crippen LogP contribution in [0.25, 0.3) is 0 Å². The molecule has 2 heterocycles. The second-order valence-corrected chi connectivity index (χ2v) is 9.33. The number of carbonyl (C=O) groups is 1. The van der Waals surface area contributed by atoms with Gasteiger partial charge >= 0.3 is 0 Å². The zero-order valence-electron chi connectivity index (χ0n) is 13.6. The maximum absolute atomic E-state index is 13.1. The lowest BCUT2D eigenvalue weighted by molar-refractivity contribution is -0.127. The minimum atomic E-state index is -3.58. The van der Waals surface area contributed by atoms with E-state index in [9.17, 15) is 13.2 Å². The number of sulfonamides is 1. The standard InChI is InChI=1S/C16H24N2O4S2/c19-16-13-5-1-2-6-14(13)18(9-4-10-22-11-8-17-16)24(20,21)15-7-3-12-23-15/h3,7,12-14H,1-2,4-6,8-11H2,(H,17,19). The van der Waals surface area contributed by atoms with Crippen LogP contribution < -0.4 is 5.32 Å². The Hall–Kier alpha value is -0.960. The van der Waals surface area contributed by atoms with E-state index in [-0.39, 0.29) is 17.9 Å². The van der Waals surface area contributed by atoms with Crippen molar-refractivity contribution >= 4 is 27.3 Å². The number of fused-ring (bicyclic) bond motifs is 1. The summed E-state index contributed by atoms with van der Waals surface area (Å²) in [5.74, 6) is -0.317. The quantitative estimate of drug-likeness (QED) is 0.859. The lowest BCUT2D eigenvalue weighted by Crippen LogP contribution is -2.51. The van der Waals surface area contributed by atoms with E-state index in [0.29, 0.717) is 36.9 Å². The first-order chi connectivity index (χ1) is 11.6. The third kappa shape index (κ3) is 3.82. The van der Waals surface area contributed by atoms with Crippen LogP contribution in [0.1, 0.15) is 32.1 Å². The number of rotatable bonds is 2. The fraction of sp³-hybridized carbons (Fsp3) is 0.688. The molecule has 0 radical (unpaired) electrons. The van der Waals surface area contributed by atoms with E-state index < -0.39 is 10.0 Å². The molecule has 0 spiro atoms. The Bertz CT molecular complexity index is 645. The largest absolute Gasteiger partial charge is 0.380 e. The summed E-state index contributed by atoms with van der Waals surface area (Å²) >= 11 is 1.23. The van der Waals surface area contributed by atoms with Crippen LogP contribution in [-0.2, 0) is 19.6 Å². The zero-order chi connectivity index (χ0) is 17.0. The summed E-state index contributed by atoms with van der Waals surface area (Å²) in [4.78, 5) is 12.6. The van der Waals surface area contributed by atoms with E-state index in [0.717, 1.165) is 25.7 Å². The highest BCUT2D eigenvalue weighted by Crippen LogP contribution is 2.33. The smallest absolute Gasteiger partial charge is 0.252 e. The zero-order valence-corrected chi connectivity index (χ0v) is 15.3. The molecule has 1 aliphatic heterocycles. The summed E-state index contributed by atoms with van der Waals surface area (Å²) < 4.78 is 33.6. The molecular formula is C16H24N2O4S2. The van der Waals surface area contributed by atoms with Crippen molar-refractivity contribution in [3.05, 3.63) is 17.5 Å². The predicted molar refractivity (Wildman–Crippen MR) is 92.4 cm³/mol. The molecule has 1 aromatic rings. The summed E-state index contributed by atoms with van der Waals surface area (Å²) in [6.07, 6.45) is 4.05. The third-order valence-electron chi connectivity index (χ3n) is 4.71. The number of carbonyl (C=O) groups excluding carboxylic acids is 1. The van der Waals surface area contributed by atoms with Crippen LogP contribution in [0.4, 0.5) is 0 Å². The van der Waals surface area contributed by atoms with E-state index in [1.165, 1.54) is 11.3 Å². The molecule has 2 atom stereocenters. The molecule has 0 aromatic carbocycles. The fourth-order valence-electron chi connectivity index (χ4n) is 3.55. The topological polar surface area (TPSA) is 75.7 Å². The number of hydrogen-bond donors (Lipinski definition) is 1. The first-order valence-corrected chi connectivity index (χ1v) is 10.8. The molecule has 1 aromatic heterocycles. The van der Waals surface area contributed by atoms with Crippen LogP contribution in [-0.4, -0.2) is 51.0 Å². The first kappa shape index (κ1) is 17.8. The van der Waals surface area contributed by atoms with Crippen molar-refractivity contribution in [3.63, 3.8) is 0 Å². The maximum atomic E-state index is 13.1. The monoisotopic (exact) mass is 372 g/mol. The van der Waals surface area contributed by atoms with Crippen LogP contribution >= 0.6 is 11.3 Å². The van der Waals surface area contributed by atoms with E-state index in [2.05, 4.69) is 5.32 Å². The summed E-state index contributed by atoms with van der Waals surface area (Å²) in [5.41, 5.74) is 0. The minimum Gasteiger partial charge on any atom is -0.380 e. The summed E-state index contributed by atoms with van der Waals surface area (Å²) in [5, 5.41) is 4.67. The van der Waals surface area contributed by atoms with Gasteiger partial charge in [0.25, 0.3) is 10.0 Å². The van der Waals surface area contributed by atoms with Crippen LogP contribution in [0.5, 0.6) is 0 Å². The Labute approximate surface area is 147 Å². The Kier molecular flexibility index (Phi) is 5.91. The van der Waals surface area contributed by atoms with Crippen LogP contribution in [0.3, 0.4) is 0 Å². The van der Waals surface area contributed by atoms with Gasteiger partial charge in [-0.3, -0.25) is 4.79 Å². The lowest BCUT2D eigenvalue weighted by atomic mass is 9.83. The molecule has 6 nitrogen and oxygen atoms in total. The van der Waals surface area contributed by atoms with Gasteiger partial charge in [-0.05, 0) is 30.7 Å². The molecule has 1 N–H and O–H groups in total. The van der Waals surface area contributed by atoms with Gasteiger partial charge in [-0.1, -0.05) is 18.9 Å². The highest BCUT2D eigenvalue weighted by atomic mass is 32.2. The molecule has 3 rings (SSSR count). The number of ether oxygens (including phenoxy) is 1. The SMILES string of the molecule is O=C1NCCOCCCN(S(=O)(=O)c2cccs2)C2CCCCC12. The third-order valence-corrected chi connectivity index (χ3v) is 8.00. The van der Waals surface area contributed by atoms with E-state index >= 15 is 0 Å². The molecule has 1 saturated heterocycles. The van der Waals surface area contributed by atoms with E-state index in [1.807, 2.05) is 0 Å². The Morgan fingerprint density at radius 1 is 1.21 bits per heavy atom. The van der Waals surface area contributed by atoms with Crippen LogP contribution in [0.15, 0.2) is 21.7 Å². The van der Waals surface area contributed by atoms with Crippen LogP contribution in [0, 0.1) is 5.92 Å². The molecule has 2 aliphatic rings. The highest BCUT2D eigenvalue weighted by Gasteiger charge is 2.40. The Morgan fingerprint density at radius 3 is 2.83 bits per heavy atom. The van der Waals surface area contributed by atoms with Gasteiger partial charge in [0.15, 0.2) is 0 Å². The molecule has 1 amide bonds. The Balaban J connectivity index is 1.93. The van der Waals surface area contributed by atoms with Gasteiger partial charge in [-0.15, -0.1) is 11.3 Å². The molecule has 134 valence electrons. The van der Waals surface area contributed by atoms with Crippen molar-refractivity contribution in [2.24, 2.45) is 5.92 Å². The first-order valence-electron chi connectivity index (χ1n) is 8.51. The van der Waals surface area contributed by atoms with E-state index in [4.69, 9.17) is 4.74 Å². The van der Waals surface area contributed by atoms with Crippen molar-refractivity contribution in [1.82, 2.24) is 9.62 Å². The average Bonchev–Trinajstić information content (AvgIpc) is 3.11. The van der Waals surface area contributed by atoms with Gasteiger partial charge in [0.2, 0.25) is 5.91 Å². The van der Waals surface area contributed by atoms with Crippen molar-refractivity contribution in [3.8, 4) is 0 Å². The summed E-state index contributed by atoms with van der Waals surface area (Å²) in [6, 6.07) is 3.13. The number of hydrogen-bond acceptors (Lipinski definition) is 5. The molecule has 24 heavy (non-hydrogen) atoms. The van der Waals surface area contributed by atoms with Crippen molar-refractivity contribution in [1.29, 1.82) is 0 Å². The average molecular weight is 373 g/mol. The lowest BCUT2D eigenvalue weighted by Gasteiger charge is -2.38. The van der Waals surface area contributed by atoms with Gasteiger partial charge in [0, 0.05) is 25.7 Å². The second kappa shape index (κ2) is 7.95. The van der Waals surface area contributed by atoms with Gasteiger partial charge in [-0.2, -0.15) is 4.31 Å². The summed E-state index contributed by atoms with van der Waals surface area (Å²) in [7, 11) is -3.58. The molecule has 0 bridgehead atoms. The van der Waals surface area contributed by atoms with Crippen molar-refractivity contribution in [2.45, 2.75) is 42.4 Å².